The van der Waals surface area contributed by atoms with Gasteiger partial charge in [-0.05, 0) is 31.2 Å². The fourth-order valence-electron chi connectivity index (χ4n) is 2.80. The Labute approximate surface area is 134 Å². The number of rotatable bonds is 6. The van der Waals surface area contributed by atoms with Gasteiger partial charge in [0.15, 0.2) is 0 Å². The van der Waals surface area contributed by atoms with E-state index in [1.165, 1.54) is 6.07 Å². The van der Waals surface area contributed by atoms with E-state index in [9.17, 15) is 10.1 Å². The first kappa shape index (κ1) is 15.7. The lowest BCUT2D eigenvalue weighted by atomic mass is 10.1. The molecular weight excluding hydrogens is 296 g/mol. The molecule has 0 bridgehead atoms. The van der Waals surface area contributed by atoms with Crippen LogP contribution in [0.5, 0.6) is 0 Å². The molecule has 0 saturated carbocycles. The normalized spacial score (nSPS) is 15.7. The molecule has 2 heterocycles. The van der Waals surface area contributed by atoms with Crippen molar-refractivity contribution in [2.75, 3.05) is 32.8 Å². The van der Waals surface area contributed by atoms with Crippen LogP contribution in [0.15, 0.2) is 40.8 Å². The summed E-state index contributed by atoms with van der Waals surface area (Å²) < 4.78 is 11.1. The average molecular weight is 316 g/mol. The minimum Gasteiger partial charge on any atom is -0.461 e. The molecule has 6 nitrogen and oxygen atoms in total. The summed E-state index contributed by atoms with van der Waals surface area (Å²) in [6.07, 6.45) is 1.84. The van der Waals surface area contributed by atoms with Crippen molar-refractivity contribution in [3.05, 3.63) is 52.3 Å². The van der Waals surface area contributed by atoms with Gasteiger partial charge in [0, 0.05) is 25.6 Å². The molecule has 1 aromatic carbocycles. The summed E-state index contributed by atoms with van der Waals surface area (Å²) in [5.74, 6) is 1.42. The molecule has 0 amide bonds. The molecule has 23 heavy (non-hydrogen) atoms. The van der Waals surface area contributed by atoms with E-state index in [0.717, 1.165) is 51.4 Å². The molecular formula is C17H20N2O4. The van der Waals surface area contributed by atoms with Crippen LogP contribution in [0.2, 0.25) is 0 Å². The number of benzene rings is 1. The largest absolute Gasteiger partial charge is 0.461 e. The maximum atomic E-state index is 11.1. The van der Waals surface area contributed by atoms with Crippen molar-refractivity contribution in [2.24, 2.45) is 0 Å². The first-order valence-electron chi connectivity index (χ1n) is 7.86. The van der Waals surface area contributed by atoms with E-state index in [1.54, 1.807) is 18.2 Å². The molecule has 6 heteroatoms. The summed E-state index contributed by atoms with van der Waals surface area (Å²) in [5.41, 5.74) is 0.596. The molecule has 1 fully saturated rings. The Hall–Kier alpha value is -2.18. The zero-order valence-corrected chi connectivity index (χ0v) is 12.9. The second-order valence-corrected chi connectivity index (χ2v) is 5.60. The van der Waals surface area contributed by atoms with Gasteiger partial charge in [-0.3, -0.25) is 15.0 Å². The van der Waals surface area contributed by atoms with Gasteiger partial charge in [-0.15, -0.1) is 0 Å². The van der Waals surface area contributed by atoms with Gasteiger partial charge in [0.1, 0.15) is 11.5 Å². The number of aryl methyl sites for hydroxylation is 1. The minimum absolute atomic E-state index is 0.0710. The molecule has 0 atom stereocenters. The van der Waals surface area contributed by atoms with Crippen molar-refractivity contribution in [2.45, 2.75) is 12.8 Å². The zero-order chi connectivity index (χ0) is 16.1. The highest BCUT2D eigenvalue weighted by molar-refractivity contribution is 5.69. The second-order valence-electron chi connectivity index (χ2n) is 5.60. The van der Waals surface area contributed by atoms with Crippen LogP contribution in [0.1, 0.15) is 12.2 Å². The van der Waals surface area contributed by atoms with Crippen LogP contribution < -0.4 is 0 Å². The third kappa shape index (κ3) is 3.97. The van der Waals surface area contributed by atoms with E-state index >= 15 is 0 Å². The predicted molar refractivity (Wildman–Crippen MR) is 86.4 cm³/mol. The summed E-state index contributed by atoms with van der Waals surface area (Å²) in [4.78, 5) is 13.1. The molecule has 0 N–H and O–H groups in total. The van der Waals surface area contributed by atoms with Crippen LogP contribution in [-0.2, 0) is 11.2 Å². The Balaban J connectivity index is 1.61. The van der Waals surface area contributed by atoms with Crippen LogP contribution in [0, 0.1) is 10.1 Å². The molecule has 1 aliphatic heterocycles. The van der Waals surface area contributed by atoms with Crippen molar-refractivity contribution in [1.29, 1.82) is 0 Å². The highest BCUT2D eigenvalue weighted by Crippen LogP contribution is 2.31. The van der Waals surface area contributed by atoms with Crippen molar-refractivity contribution in [3.63, 3.8) is 0 Å². The van der Waals surface area contributed by atoms with Crippen LogP contribution in [0.4, 0.5) is 5.69 Å². The third-order valence-corrected chi connectivity index (χ3v) is 4.03. The van der Waals surface area contributed by atoms with Crippen LogP contribution >= 0.6 is 0 Å². The van der Waals surface area contributed by atoms with Gasteiger partial charge >= 0.3 is 0 Å². The predicted octanol–water partition coefficient (Wildman–Crippen LogP) is 3.12. The van der Waals surface area contributed by atoms with Crippen LogP contribution in [-0.4, -0.2) is 42.7 Å². The molecule has 0 unspecified atom stereocenters. The van der Waals surface area contributed by atoms with Gasteiger partial charge < -0.3 is 9.15 Å². The number of nitrogens with zero attached hydrogens (tertiary/aromatic N) is 2. The quantitative estimate of drug-likeness (QED) is 0.605. The van der Waals surface area contributed by atoms with Gasteiger partial charge in [0.25, 0.3) is 5.69 Å². The summed E-state index contributed by atoms with van der Waals surface area (Å²) in [6.45, 7) is 4.61. The van der Waals surface area contributed by atoms with E-state index in [4.69, 9.17) is 9.15 Å². The maximum Gasteiger partial charge on any atom is 0.280 e. The Kier molecular flexibility index (Phi) is 5.05. The first-order chi connectivity index (χ1) is 11.2. The number of hydrogen-bond donors (Lipinski definition) is 0. The van der Waals surface area contributed by atoms with E-state index < -0.39 is 0 Å². The highest BCUT2D eigenvalue weighted by Gasteiger charge is 2.17. The van der Waals surface area contributed by atoms with Gasteiger partial charge in [0.2, 0.25) is 0 Å². The Morgan fingerprint density at radius 1 is 1.13 bits per heavy atom. The van der Waals surface area contributed by atoms with E-state index in [1.807, 2.05) is 12.1 Å². The van der Waals surface area contributed by atoms with Crippen molar-refractivity contribution >= 4 is 5.69 Å². The number of nitro benzene ring substituents is 1. The summed E-state index contributed by atoms with van der Waals surface area (Å²) >= 11 is 0. The van der Waals surface area contributed by atoms with Gasteiger partial charge in [-0.1, -0.05) is 12.1 Å². The number of furan rings is 1. The van der Waals surface area contributed by atoms with Gasteiger partial charge in [-0.25, -0.2) is 0 Å². The second kappa shape index (κ2) is 7.39. The van der Waals surface area contributed by atoms with Gasteiger partial charge in [-0.2, -0.15) is 0 Å². The summed E-state index contributed by atoms with van der Waals surface area (Å²) in [5, 5.41) is 11.1. The fourth-order valence-corrected chi connectivity index (χ4v) is 2.80. The number of nitro groups is 1. The summed E-state index contributed by atoms with van der Waals surface area (Å²) in [7, 11) is 0. The number of hydrogen-bond acceptors (Lipinski definition) is 5. The first-order valence-corrected chi connectivity index (χ1v) is 7.86. The van der Waals surface area contributed by atoms with E-state index in [-0.39, 0.29) is 10.6 Å². The highest BCUT2D eigenvalue weighted by atomic mass is 16.6. The lowest BCUT2D eigenvalue weighted by molar-refractivity contribution is -0.384. The Morgan fingerprint density at radius 3 is 2.70 bits per heavy atom. The van der Waals surface area contributed by atoms with Crippen LogP contribution in [0.25, 0.3) is 11.3 Å². The molecule has 2 aromatic rings. The Bertz CT molecular complexity index is 662. The molecule has 1 aromatic heterocycles. The van der Waals surface area contributed by atoms with Crippen molar-refractivity contribution in [1.82, 2.24) is 4.90 Å². The van der Waals surface area contributed by atoms with Crippen molar-refractivity contribution in [3.8, 4) is 11.3 Å². The lowest BCUT2D eigenvalue weighted by Gasteiger charge is -2.26. The molecule has 0 spiro atoms. The summed E-state index contributed by atoms with van der Waals surface area (Å²) in [6, 6.07) is 10.4. The van der Waals surface area contributed by atoms with Gasteiger partial charge in [0.05, 0.1) is 23.7 Å². The lowest BCUT2D eigenvalue weighted by Crippen LogP contribution is -2.36. The number of morpholine rings is 1. The van der Waals surface area contributed by atoms with E-state index in [2.05, 4.69) is 4.90 Å². The maximum absolute atomic E-state index is 11.1. The average Bonchev–Trinajstić information content (AvgIpc) is 3.04. The molecule has 0 aliphatic carbocycles. The molecule has 0 radical (unpaired) electrons. The van der Waals surface area contributed by atoms with Crippen molar-refractivity contribution < 1.29 is 14.1 Å². The minimum atomic E-state index is -0.379. The molecule has 1 saturated heterocycles. The smallest absolute Gasteiger partial charge is 0.280 e. The monoisotopic (exact) mass is 316 g/mol. The molecule has 1 aliphatic rings. The fraction of sp³-hybridized carbons (Fsp3) is 0.412. The number of para-hydroxylation sites is 1. The topological polar surface area (TPSA) is 68.8 Å². The van der Waals surface area contributed by atoms with E-state index in [0.29, 0.717) is 11.3 Å². The zero-order valence-electron chi connectivity index (χ0n) is 12.9. The SMILES string of the molecule is O=[N+]([O-])c1ccccc1-c1ccc(CCCN2CCOCC2)o1. The number of ether oxygens (including phenoxy) is 1. The standard InChI is InChI=1S/C17H20N2O4/c20-19(21)16-6-2-1-5-15(16)17-8-7-14(23-17)4-3-9-18-10-12-22-13-11-18/h1-2,5-8H,3-4,9-13H2. The molecule has 122 valence electrons. The molecule has 3 rings (SSSR count). The van der Waals surface area contributed by atoms with Crippen LogP contribution in [0.3, 0.4) is 0 Å². The Morgan fingerprint density at radius 2 is 1.91 bits per heavy atom. The third-order valence-electron chi connectivity index (χ3n) is 4.03.